The van der Waals surface area contributed by atoms with Crippen LogP contribution in [0, 0.1) is 6.92 Å². The maximum Gasteiger partial charge on any atom is 0.258 e. The summed E-state index contributed by atoms with van der Waals surface area (Å²) in [6, 6.07) is 15.6. The molecule has 0 saturated heterocycles. The molecule has 0 fully saturated rings. The maximum absolute atomic E-state index is 12.4. The first-order valence-corrected chi connectivity index (χ1v) is 10.7. The summed E-state index contributed by atoms with van der Waals surface area (Å²) in [6.07, 6.45) is 2.51. The molecule has 0 amide bonds. The van der Waals surface area contributed by atoms with Gasteiger partial charge in [0.2, 0.25) is 0 Å². The van der Waals surface area contributed by atoms with Crippen molar-refractivity contribution in [3.63, 3.8) is 0 Å². The summed E-state index contributed by atoms with van der Waals surface area (Å²) >= 11 is 1.53. The van der Waals surface area contributed by atoms with Crippen LogP contribution in [0.15, 0.2) is 64.7 Å². The molecule has 4 aromatic rings. The Balaban J connectivity index is 1.56. The van der Waals surface area contributed by atoms with E-state index < -0.39 is 0 Å². The molecule has 0 atom stereocenters. The van der Waals surface area contributed by atoms with Crippen LogP contribution in [0.1, 0.15) is 22.6 Å². The predicted octanol–water partition coefficient (Wildman–Crippen LogP) is 3.12. The third-order valence-electron chi connectivity index (χ3n) is 4.73. The zero-order valence-corrected chi connectivity index (χ0v) is 17.8. The Kier molecular flexibility index (Phi) is 6.25. The normalized spacial score (nSPS) is 11.3. The number of aromatic nitrogens is 5. The number of aryl methyl sites for hydroxylation is 1. The summed E-state index contributed by atoms with van der Waals surface area (Å²) in [7, 11) is 1.68. The predicted molar refractivity (Wildman–Crippen MR) is 117 cm³/mol. The van der Waals surface area contributed by atoms with E-state index in [9.17, 15) is 4.79 Å². The Morgan fingerprint density at radius 1 is 1.10 bits per heavy atom. The van der Waals surface area contributed by atoms with Gasteiger partial charge in [0.1, 0.15) is 11.5 Å². The van der Waals surface area contributed by atoms with Crippen LogP contribution >= 0.6 is 11.8 Å². The van der Waals surface area contributed by atoms with E-state index in [1.807, 2.05) is 37.3 Å². The van der Waals surface area contributed by atoms with E-state index in [0.717, 1.165) is 22.2 Å². The van der Waals surface area contributed by atoms with E-state index in [1.54, 1.807) is 23.8 Å². The van der Waals surface area contributed by atoms with Crippen molar-refractivity contribution in [1.29, 1.82) is 0 Å². The molecule has 30 heavy (non-hydrogen) atoms. The minimum absolute atomic E-state index is 0.0788. The van der Waals surface area contributed by atoms with Gasteiger partial charge in [-0.1, -0.05) is 48.2 Å². The standard InChI is InChI=1S/C22H23N5O2S/c1-16-8-9-19-23-18(13-21(28)27(19)14-16)15-30-22-25-24-20(26(22)10-11-29-2)12-17-6-4-3-5-7-17/h3-9,13-14H,10-12,15H2,1-2H3. The molecule has 1 aromatic carbocycles. The van der Waals surface area contributed by atoms with Crippen LogP contribution in [0.3, 0.4) is 0 Å². The molecule has 0 bridgehead atoms. The Labute approximate surface area is 178 Å². The van der Waals surface area contributed by atoms with Crippen molar-refractivity contribution >= 4 is 17.4 Å². The molecule has 8 heteroatoms. The molecule has 0 saturated carbocycles. The van der Waals surface area contributed by atoms with E-state index in [-0.39, 0.29) is 5.56 Å². The van der Waals surface area contributed by atoms with Gasteiger partial charge >= 0.3 is 0 Å². The van der Waals surface area contributed by atoms with Gasteiger partial charge in [-0.25, -0.2) is 4.98 Å². The number of methoxy groups -OCH3 is 1. The van der Waals surface area contributed by atoms with E-state index in [1.165, 1.54) is 17.3 Å². The zero-order valence-electron chi connectivity index (χ0n) is 17.0. The summed E-state index contributed by atoms with van der Waals surface area (Å²) in [5, 5.41) is 9.59. The van der Waals surface area contributed by atoms with Crippen LogP contribution in [-0.4, -0.2) is 37.9 Å². The van der Waals surface area contributed by atoms with E-state index in [4.69, 9.17) is 4.74 Å². The first-order chi connectivity index (χ1) is 14.6. The molecular weight excluding hydrogens is 398 g/mol. The minimum Gasteiger partial charge on any atom is -0.383 e. The molecule has 0 spiro atoms. The van der Waals surface area contributed by atoms with Gasteiger partial charge in [0, 0.05) is 38.1 Å². The Morgan fingerprint density at radius 3 is 2.73 bits per heavy atom. The summed E-state index contributed by atoms with van der Waals surface area (Å²) in [4.78, 5) is 17.1. The molecular formula is C22H23N5O2S. The lowest BCUT2D eigenvalue weighted by Crippen LogP contribution is -2.15. The molecule has 3 heterocycles. The lowest BCUT2D eigenvalue weighted by atomic mass is 10.1. The average molecular weight is 422 g/mol. The van der Waals surface area contributed by atoms with Crippen LogP contribution in [-0.2, 0) is 23.5 Å². The number of thioether (sulfide) groups is 1. The number of benzene rings is 1. The van der Waals surface area contributed by atoms with E-state index in [2.05, 4.69) is 31.9 Å². The van der Waals surface area contributed by atoms with Gasteiger partial charge in [0.25, 0.3) is 5.56 Å². The van der Waals surface area contributed by atoms with Crippen molar-refractivity contribution in [1.82, 2.24) is 24.1 Å². The fraction of sp³-hybridized carbons (Fsp3) is 0.273. The zero-order chi connectivity index (χ0) is 20.9. The van der Waals surface area contributed by atoms with Crippen molar-refractivity contribution in [3.8, 4) is 0 Å². The second kappa shape index (κ2) is 9.23. The number of rotatable bonds is 8. The van der Waals surface area contributed by atoms with Crippen LogP contribution in [0.25, 0.3) is 5.65 Å². The average Bonchev–Trinajstić information content (AvgIpc) is 3.13. The monoisotopic (exact) mass is 421 g/mol. The molecule has 0 radical (unpaired) electrons. The second-order valence-corrected chi connectivity index (χ2v) is 7.96. The number of hydrogen-bond acceptors (Lipinski definition) is 6. The van der Waals surface area contributed by atoms with Crippen LogP contribution < -0.4 is 5.56 Å². The summed E-state index contributed by atoms with van der Waals surface area (Å²) < 4.78 is 8.92. The lowest BCUT2D eigenvalue weighted by Gasteiger charge is -2.10. The van der Waals surface area contributed by atoms with Gasteiger partial charge in [-0.3, -0.25) is 9.20 Å². The Hall–Kier alpha value is -2.97. The fourth-order valence-electron chi connectivity index (χ4n) is 3.21. The number of fused-ring (bicyclic) bond motifs is 1. The van der Waals surface area contributed by atoms with Gasteiger partial charge < -0.3 is 9.30 Å². The highest BCUT2D eigenvalue weighted by atomic mass is 32.2. The van der Waals surface area contributed by atoms with Crippen molar-refractivity contribution in [2.24, 2.45) is 0 Å². The number of ether oxygens (including phenoxy) is 1. The molecule has 7 nitrogen and oxygen atoms in total. The van der Waals surface area contributed by atoms with Gasteiger partial charge in [-0.05, 0) is 24.1 Å². The molecule has 0 N–H and O–H groups in total. The van der Waals surface area contributed by atoms with Gasteiger partial charge in [-0.15, -0.1) is 10.2 Å². The third kappa shape index (κ3) is 4.60. The van der Waals surface area contributed by atoms with Crippen molar-refractivity contribution in [3.05, 3.63) is 87.7 Å². The second-order valence-electron chi connectivity index (χ2n) is 7.01. The number of pyridine rings is 1. The van der Waals surface area contributed by atoms with Crippen molar-refractivity contribution in [2.75, 3.05) is 13.7 Å². The van der Waals surface area contributed by atoms with Gasteiger partial charge in [-0.2, -0.15) is 0 Å². The lowest BCUT2D eigenvalue weighted by molar-refractivity contribution is 0.184. The van der Waals surface area contributed by atoms with Crippen molar-refractivity contribution in [2.45, 2.75) is 30.8 Å². The SMILES string of the molecule is COCCn1c(Cc2ccccc2)nnc1SCc1cc(=O)n2cc(C)ccc2n1. The summed E-state index contributed by atoms with van der Waals surface area (Å²) in [6.45, 7) is 3.19. The van der Waals surface area contributed by atoms with Gasteiger partial charge in [0.15, 0.2) is 5.16 Å². The van der Waals surface area contributed by atoms with E-state index in [0.29, 0.717) is 31.0 Å². The molecule has 0 aliphatic carbocycles. The highest BCUT2D eigenvalue weighted by Crippen LogP contribution is 2.22. The van der Waals surface area contributed by atoms with Crippen LogP contribution in [0.2, 0.25) is 0 Å². The molecule has 0 aliphatic rings. The summed E-state index contributed by atoms with van der Waals surface area (Å²) in [5.74, 6) is 1.43. The van der Waals surface area contributed by atoms with Gasteiger partial charge in [0.05, 0.1) is 12.3 Å². The number of nitrogens with zero attached hydrogens (tertiary/aromatic N) is 5. The first-order valence-electron chi connectivity index (χ1n) is 9.71. The molecule has 154 valence electrons. The molecule has 3 aromatic heterocycles. The topological polar surface area (TPSA) is 74.3 Å². The first kappa shape index (κ1) is 20.3. The quantitative estimate of drug-likeness (QED) is 0.407. The Bertz CT molecular complexity index is 1200. The molecule has 0 unspecified atom stereocenters. The fourth-order valence-corrected chi connectivity index (χ4v) is 4.09. The smallest absolute Gasteiger partial charge is 0.258 e. The van der Waals surface area contributed by atoms with Crippen LogP contribution in [0.4, 0.5) is 0 Å². The summed E-state index contributed by atoms with van der Waals surface area (Å²) in [5.41, 5.74) is 3.49. The Morgan fingerprint density at radius 2 is 1.93 bits per heavy atom. The van der Waals surface area contributed by atoms with Crippen molar-refractivity contribution < 1.29 is 4.74 Å². The minimum atomic E-state index is -0.0788. The highest BCUT2D eigenvalue weighted by molar-refractivity contribution is 7.98. The molecule has 4 rings (SSSR count). The third-order valence-corrected chi connectivity index (χ3v) is 5.73. The number of hydrogen-bond donors (Lipinski definition) is 0. The highest BCUT2D eigenvalue weighted by Gasteiger charge is 2.14. The van der Waals surface area contributed by atoms with Crippen LogP contribution in [0.5, 0.6) is 0 Å². The molecule has 0 aliphatic heterocycles. The van der Waals surface area contributed by atoms with E-state index >= 15 is 0 Å². The largest absolute Gasteiger partial charge is 0.383 e. The maximum atomic E-state index is 12.4.